The molecule has 4 heteroatoms. The Morgan fingerprint density at radius 2 is 2.00 bits per heavy atom. The zero-order valence-electron chi connectivity index (χ0n) is 12.9. The van der Waals surface area contributed by atoms with Gasteiger partial charge in [0.25, 0.3) is 0 Å². The second kappa shape index (κ2) is 5.36. The minimum absolute atomic E-state index is 0.287. The minimum Gasteiger partial charge on any atom is -0.367 e. The highest BCUT2D eigenvalue weighted by Crippen LogP contribution is 2.38. The van der Waals surface area contributed by atoms with Crippen molar-refractivity contribution in [1.29, 1.82) is 0 Å². The van der Waals surface area contributed by atoms with Crippen molar-refractivity contribution in [2.24, 2.45) is 0 Å². The van der Waals surface area contributed by atoms with Gasteiger partial charge in [-0.3, -0.25) is 0 Å². The summed E-state index contributed by atoms with van der Waals surface area (Å²) in [6.07, 6.45) is 4.36. The molecule has 1 aliphatic carbocycles. The van der Waals surface area contributed by atoms with E-state index in [-0.39, 0.29) is 5.60 Å². The van der Waals surface area contributed by atoms with Gasteiger partial charge in [-0.25, -0.2) is 9.97 Å². The first-order chi connectivity index (χ1) is 10.7. The third-order valence-electron chi connectivity index (χ3n) is 4.58. The number of anilines is 1. The Morgan fingerprint density at radius 1 is 1.18 bits per heavy atom. The largest absolute Gasteiger partial charge is 0.367 e. The van der Waals surface area contributed by atoms with E-state index in [9.17, 15) is 0 Å². The molecule has 1 saturated carbocycles. The third-order valence-corrected chi connectivity index (χ3v) is 4.58. The van der Waals surface area contributed by atoms with E-state index in [2.05, 4.69) is 41.1 Å². The first-order valence-corrected chi connectivity index (χ1v) is 8.02. The van der Waals surface area contributed by atoms with Gasteiger partial charge in [-0.2, -0.15) is 0 Å². The van der Waals surface area contributed by atoms with Crippen LogP contribution in [0.3, 0.4) is 0 Å². The molecule has 1 aliphatic heterocycles. The number of morpholine rings is 1. The maximum absolute atomic E-state index is 6.11. The second-order valence-corrected chi connectivity index (χ2v) is 6.41. The highest BCUT2D eigenvalue weighted by molar-refractivity contribution is 5.40. The van der Waals surface area contributed by atoms with Crippen LogP contribution in [0.1, 0.15) is 37.1 Å². The average molecular weight is 295 g/mol. The maximum atomic E-state index is 6.11. The molecule has 0 bridgehead atoms. The standard InChI is InChI=1S/C18H21N3O/c1-18(15-5-3-2-4-6-15)13-21(11-12-22-18)16-9-10-19-17(20-16)14-7-8-14/h2-6,9-10,14H,7-8,11-13H2,1H3. The van der Waals surface area contributed by atoms with Gasteiger partial charge in [-0.05, 0) is 31.4 Å². The molecule has 0 spiro atoms. The molecule has 2 aromatic rings. The summed E-state index contributed by atoms with van der Waals surface area (Å²) in [6.45, 7) is 4.58. The van der Waals surface area contributed by atoms with Crippen LogP contribution >= 0.6 is 0 Å². The Balaban J connectivity index is 1.59. The molecule has 1 unspecified atom stereocenters. The van der Waals surface area contributed by atoms with Crippen LogP contribution in [0.5, 0.6) is 0 Å². The summed E-state index contributed by atoms with van der Waals surface area (Å²) in [6, 6.07) is 12.5. The molecule has 2 fully saturated rings. The molecule has 22 heavy (non-hydrogen) atoms. The third kappa shape index (κ3) is 2.59. The van der Waals surface area contributed by atoms with Crippen LogP contribution in [0.25, 0.3) is 0 Å². The lowest BCUT2D eigenvalue weighted by Crippen LogP contribution is -2.48. The molecule has 0 radical (unpaired) electrons. The van der Waals surface area contributed by atoms with Crippen LogP contribution < -0.4 is 4.90 Å². The topological polar surface area (TPSA) is 38.2 Å². The first kappa shape index (κ1) is 13.7. The van der Waals surface area contributed by atoms with Crippen molar-refractivity contribution in [2.75, 3.05) is 24.6 Å². The molecule has 1 aromatic heterocycles. The minimum atomic E-state index is -0.287. The van der Waals surface area contributed by atoms with Gasteiger partial charge in [0, 0.05) is 18.7 Å². The van der Waals surface area contributed by atoms with E-state index in [0.29, 0.717) is 12.5 Å². The lowest BCUT2D eigenvalue weighted by molar-refractivity contribution is -0.0468. The molecule has 4 nitrogen and oxygen atoms in total. The van der Waals surface area contributed by atoms with Crippen molar-refractivity contribution in [3.63, 3.8) is 0 Å². The quantitative estimate of drug-likeness (QED) is 0.872. The van der Waals surface area contributed by atoms with Crippen LogP contribution in [0.15, 0.2) is 42.6 Å². The van der Waals surface area contributed by atoms with Crippen molar-refractivity contribution in [3.8, 4) is 0 Å². The van der Waals surface area contributed by atoms with Crippen molar-refractivity contribution >= 4 is 5.82 Å². The average Bonchev–Trinajstić information content (AvgIpc) is 3.41. The first-order valence-electron chi connectivity index (χ1n) is 8.02. The number of ether oxygens (including phenoxy) is 1. The lowest BCUT2D eigenvalue weighted by atomic mass is 9.94. The van der Waals surface area contributed by atoms with Gasteiger partial charge < -0.3 is 9.64 Å². The van der Waals surface area contributed by atoms with Gasteiger partial charge in [0.15, 0.2) is 0 Å². The van der Waals surface area contributed by atoms with Gasteiger partial charge in [0.2, 0.25) is 0 Å². The van der Waals surface area contributed by atoms with Crippen molar-refractivity contribution in [3.05, 3.63) is 54.0 Å². The Hall–Kier alpha value is -1.94. The molecule has 1 atom stereocenters. The molecular weight excluding hydrogens is 274 g/mol. The number of nitrogens with zero attached hydrogens (tertiary/aromatic N) is 3. The van der Waals surface area contributed by atoms with Crippen LogP contribution in [0.2, 0.25) is 0 Å². The summed E-state index contributed by atoms with van der Waals surface area (Å²) in [5.41, 5.74) is 0.931. The van der Waals surface area contributed by atoms with Gasteiger partial charge in [-0.1, -0.05) is 30.3 Å². The van der Waals surface area contributed by atoms with Crippen molar-refractivity contribution < 1.29 is 4.74 Å². The highest BCUT2D eigenvalue weighted by atomic mass is 16.5. The SMILES string of the molecule is CC1(c2ccccc2)CN(c2ccnc(C3CC3)n2)CCO1. The number of rotatable bonds is 3. The Kier molecular flexibility index (Phi) is 3.34. The summed E-state index contributed by atoms with van der Waals surface area (Å²) in [5.74, 6) is 2.62. The molecule has 114 valence electrons. The summed E-state index contributed by atoms with van der Waals surface area (Å²) in [4.78, 5) is 11.5. The molecule has 2 aliphatic rings. The summed E-state index contributed by atoms with van der Waals surface area (Å²) in [7, 11) is 0. The molecule has 1 saturated heterocycles. The summed E-state index contributed by atoms with van der Waals surface area (Å²) >= 11 is 0. The monoisotopic (exact) mass is 295 g/mol. The predicted molar refractivity (Wildman–Crippen MR) is 86.0 cm³/mol. The van der Waals surface area contributed by atoms with Crippen LogP contribution in [0, 0.1) is 0 Å². The molecular formula is C18H21N3O. The Labute approximate surface area is 131 Å². The van der Waals surface area contributed by atoms with Gasteiger partial charge in [0.1, 0.15) is 17.2 Å². The Bertz CT molecular complexity index is 656. The van der Waals surface area contributed by atoms with E-state index in [4.69, 9.17) is 9.72 Å². The van der Waals surface area contributed by atoms with Gasteiger partial charge in [0.05, 0.1) is 13.2 Å². The molecule has 2 heterocycles. The van der Waals surface area contributed by atoms with E-state index < -0.39 is 0 Å². The smallest absolute Gasteiger partial charge is 0.133 e. The highest BCUT2D eigenvalue weighted by Gasteiger charge is 2.35. The van der Waals surface area contributed by atoms with E-state index in [1.54, 1.807) is 0 Å². The van der Waals surface area contributed by atoms with Crippen molar-refractivity contribution in [1.82, 2.24) is 9.97 Å². The fourth-order valence-corrected chi connectivity index (χ4v) is 3.11. The zero-order valence-corrected chi connectivity index (χ0v) is 12.9. The Morgan fingerprint density at radius 3 is 2.77 bits per heavy atom. The summed E-state index contributed by atoms with van der Waals surface area (Å²) < 4.78 is 6.11. The predicted octanol–water partition coefficient (Wildman–Crippen LogP) is 3.11. The molecule has 1 aromatic carbocycles. The van der Waals surface area contributed by atoms with Gasteiger partial charge >= 0.3 is 0 Å². The number of hydrogen-bond donors (Lipinski definition) is 0. The van der Waals surface area contributed by atoms with E-state index in [1.165, 1.54) is 18.4 Å². The fourth-order valence-electron chi connectivity index (χ4n) is 3.11. The van der Waals surface area contributed by atoms with Crippen LogP contribution in [0.4, 0.5) is 5.82 Å². The maximum Gasteiger partial charge on any atom is 0.133 e. The van der Waals surface area contributed by atoms with Crippen LogP contribution in [-0.4, -0.2) is 29.7 Å². The van der Waals surface area contributed by atoms with Gasteiger partial charge in [-0.15, -0.1) is 0 Å². The number of aromatic nitrogens is 2. The number of hydrogen-bond acceptors (Lipinski definition) is 4. The molecule has 0 N–H and O–H groups in total. The fraction of sp³-hybridized carbons (Fsp3) is 0.444. The van der Waals surface area contributed by atoms with Crippen LogP contribution in [-0.2, 0) is 10.3 Å². The van der Waals surface area contributed by atoms with E-state index in [1.807, 2.05) is 18.3 Å². The van der Waals surface area contributed by atoms with E-state index in [0.717, 1.165) is 24.7 Å². The van der Waals surface area contributed by atoms with Crippen molar-refractivity contribution in [2.45, 2.75) is 31.3 Å². The molecule has 0 amide bonds. The second-order valence-electron chi connectivity index (χ2n) is 6.41. The molecule has 4 rings (SSSR count). The number of benzene rings is 1. The lowest BCUT2D eigenvalue weighted by Gasteiger charge is -2.41. The summed E-state index contributed by atoms with van der Waals surface area (Å²) in [5, 5.41) is 0. The zero-order chi connectivity index (χ0) is 15.0. The van der Waals surface area contributed by atoms with E-state index >= 15 is 0 Å². The normalized spacial score (nSPS) is 25.2.